The number of hydrazone groups is 1. The number of hydrogen-bond acceptors (Lipinski definition) is 4. The highest BCUT2D eigenvalue weighted by molar-refractivity contribution is 6.03. The van der Waals surface area contributed by atoms with Gasteiger partial charge in [0.1, 0.15) is 18.2 Å². The van der Waals surface area contributed by atoms with Gasteiger partial charge >= 0.3 is 0 Å². The first-order valence-electron chi connectivity index (χ1n) is 10.6. The second-order valence-electron chi connectivity index (χ2n) is 7.54. The van der Waals surface area contributed by atoms with Gasteiger partial charge in [-0.05, 0) is 47.2 Å². The van der Waals surface area contributed by atoms with E-state index in [1.807, 2.05) is 30.3 Å². The first-order valence-corrected chi connectivity index (χ1v) is 10.6. The van der Waals surface area contributed by atoms with E-state index in [1.54, 1.807) is 48.5 Å². The summed E-state index contributed by atoms with van der Waals surface area (Å²) in [4.78, 5) is 23.6. The minimum atomic E-state index is -0.403. The summed E-state index contributed by atoms with van der Waals surface area (Å²) in [6, 6.07) is 24.3. The lowest BCUT2D eigenvalue weighted by Crippen LogP contribution is -2.17. The van der Waals surface area contributed by atoms with Gasteiger partial charge in [-0.15, -0.1) is 0 Å². The summed E-state index contributed by atoms with van der Waals surface area (Å²) in [6.45, 7) is 1.47. The van der Waals surface area contributed by atoms with Gasteiger partial charge in [-0.1, -0.05) is 48.5 Å². The third kappa shape index (κ3) is 5.45. The van der Waals surface area contributed by atoms with E-state index < -0.39 is 5.91 Å². The molecule has 0 aliphatic carbocycles. The Morgan fingerprint density at radius 3 is 2.44 bits per heavy atom. The van der Waals surface area contributed by atoms with Gasteiger partial charge in [0.2, 0.25) is 5.91 Å². The standard InChI is InChI=1S/C27H22FN3O3/c1-18(32)30-22-13-10-20(11-14-22)27(33)31-29-16-24-23-8-4-2-6-19(23)12-15-26(24)34-17-21-7-3-5-9-25(21)28/h2-16H,17H2,1H3,(H,30,32)(H,31,33). The minimum absolute atomic E-state index is 0.0544. The smallest absolute Gasteiger partial charge is 0.271 e. The van der Waals surface area contributed by atoms with Gasteiger partial charge in [-0.3, -0.25) is 9.59 Å². The summed E-state index contributed by atoms with van der Waals surface area (Å²) < 4.78 is 19.9. The maximum absolute atomic E-state index is 14.0. The lowest BCUT2D eigenvalue weighted by atomic mass is 10.0. The predicted molar refractivity (Wildman–Crippen MR) is 130 cm³/mol. The molecule has 0 radical (unpaired) electrons. The van der Waals surface area contributed by atoms with E-state index >= 15 is 0 Å². The number of nitrogens with one attached hydrogen (secondary N) is 2. The minimum Gasteiger partial charge on any atom is -0.488 e. The van der Waals surface area contributed by atoms with E-state index in [2.05, 4.69) is 15.8 Å². The van der Waals surface area contributed by atoms with Crippen LogP contribution < -0.4 is 15.5 Å². The molecule has 2 amide bonds. The molecule has 7 heteroatoms. The third-order valence-electron chi connectivity index (χ3n) is 5.10. The van der Waals surface area contributed by atoms with Crippen molar-refractivity contribution in [1.29, 1.82) is 0 Å². The maximum atomic E-state index is 14.0. The molecule has 0 spiro atoms. The molecule has 170 valence electrons. The Bertz CT molecular complexity index is 1370. The van der Waals surface area contributed by atoms with Crippen LogP contribution in [0.3, 0.4) is 0 Å². The lowest BCUT2D eigenvalue weighted by Gasteiger charge is -2.12. The number of rotatable bonds is 7. The molecular weight excluding hydrogens is 433 g/mol. The molecular formula is C27H22FN3O3. The second-order valence-corrected chi connectivity index (χ2v) is 7.54. The van der Waals surface area contributed by atoms with Crippen molar-refractivity contribution in [3.63, 3.8) is 0 Å². The van der Waals surface area contributed by atoms with E-state index in [-0.39, 0.29) is 18.3 Å². The normalized spacial score (nSPS) is 10.9. The van der Waals surface area contributed by atoms with Crippen molar-refractivity contribution in [3.8, 4) is 5.75 Å². The first kappa shape index (κ1) is 22.7. The average molecular weight is 455 g/mol. The van der Waals surface area contributed by atoms with Gasteiger partial charge in [0, 0.05) is 29.3 Å². The van der Waals surface area contributed by atoms with Crippen molar-refractivity contribution in [2.24, 2.45) is 5.10 Å². The van der Waals surface area contributed by atoms with Crippen LogP contribution in [-0.4, -0.2) is 18.0 Å². The molecule has 0 saturated heterocycles. The van der Waals surface area contributed by atoms with E-state index in [0.29, 0.717) is 28.1 Å². The van der Waals surface area contributed by atoms with Crippen LogP contribution in [0.15, 0.2) is 90.0 Å². The quantitative estimate of drug-likeness (QED) is 0.294. The van der Waals surface area contributed by atoms with Gasteiger partial charge in [0.25, 0.3) is 5.91 Å². The number of halogens is 1. The predicted octanol–water partition coefficient (Wildman–Crippen LogP) is 5.28. The molecule has 0 aliphatic rings. The van der Waals surface area contributed by atoms with Crippen LogP contribution >= 0.6 is 0 Å². The number of benzene rings is 4. The Balaban J connectivity index is 1.53. The van der Waals surface area contributed by atoms with E-state index in [0.717, 1.165) is 10.8 Å². The van der Waals surface area contributed by atoms with Crippen LogP contribution in [0.1, 0.15) is 28.4 Å². The Hall–Kier alpha value is -4.52. The van der Waals surface area contributed by atoms with E-state index in [1.165, 1.54) is 19.2 Å². The van der Waals surface area contributed by atoms with Crippen molar-refractivity contribution >= 4 is 34.5 Å². The van der Waals surface area contributed by atoms with Gasteiger partial charge in [-0.2, -0.15) is 5.10 Å². The highest BCUT2D eigenvalue weighted by Crippen LogP contribution is 2.27. The fourth-order valence-corrected chi connectivity index (χ4v) is 3.43. The van der Waals surface area contributed by atoms with Gasteiger partial charge in [-0.25, -0.2) is 9.82 Å². The van der Waals surface area contributed by atoms with E-state index in [9.17, 15) is 14.0 Å². The summed E-state index contributed by atoms with van der Waals surface area (Å²) in [5, 5.41) is 8.63. The van der Waals surface area contributed by atoms with Crippen LogP contribution in [0.25, 0.3) is 10.8 Å². The van der Waals surface area contributed by atoms with Crippen molar-refractivity contribution in [1.82, 2.24) is 5.43 Å². The summed E-state index contributed by atoms with van der Waals surface area (Å²) in [6.07, 6.45) is 1.52. The zero-order chi connectivity index (χ0) is 23.9. The molecule has 0 aliphatic heterocycles. The first-order chi connectivity index (χ1) is 16.5. The fraction of sp³-hybridized carbons (Fsp3) is 0.0741. The Kier molecular flexibility index (Phi) is 6.93. The Morgan fingerprint density at radius 1 is 0.941 bits per heavy atom. The summed E-state index contributed by atoms with van der Waals surface area (Å²) in [7, 11) is 0. The Morgan fingerprint density at radius 2 is 1.68 bits per heavy atom. The molecule has 2 N–H and O–H groups in total. The van der Waals surface area contributed by atoms with Crippen molar-refractivity contribution in [2.45, 2.75) is 13.5 Å². The highest BCUT2D eigenvalue weighted by atomic mass is 19.1. The second kappa shape index (κ2) is 10.4. The summed E-state index contributed by atoms with van der Waals surface area (Å²) >= 11 is 0. The molecule has 0 atom stereocenters. The van der Waals surface area contributed by atoms with Crippen molar-refractivity contribution in [3.05, 3.63) is 107 Å². The summed E-state index contributed by atoms with van der Waals surface area (Å²) in [5.74, 6) is -0.417. The Labute approximate surface area is 196 Å². The number of amides is 2. The SMILES string of the molecule is CC(=O)Nc1ccc(C(=O)NN=Cc2c(OCc3ccccc3F)ccc3ccccc23)cc1. The zero-order valence-electron chi connectivity index (χ0n) is 18.4. The highest BCUT2D eigenvalue weighted by Gasteiger charge is 2.10. The van der Waals surface area contributed by atoms with Crippen LogP contribution in [0.5, 0.6) is 5.75 Å². The maximum Gasteiger partial charge on any atom is 0.271 e. The molecule has 0 heterocycles. The number of carbonyl (C=O) groups is 2. The topological polar surface area (TPSA) is 79.8 Å². The monoisotopic (exact) mass is 455 g/mol. The third-order valence-corrected chi connectivity index (χ3v) is 5.10. The molecule has 4 rings (SSSR count). The molecule has 4 aromatic carbocycles. The fourth-order valence-electron chi connectivity index (χ4n) is 3.43. The van der Waals surface area contributed by atoms with Crippen LogP contribution in [-0.2, 0) is 11.4 Å². The average Bonchev–Trinajstić information content (AvgIpc) is 2.84. The lowest BCUT2D eigenvalue weighted by molar-refractivity contribution is -0.114. The number of carbonyl (C=O) groups excluding carboxylic acids is 2. The van der Waals surface area contributed by atoms with E-state index in [4.69, 9.17) is 4.74 Å². The number of anilines is 1. The van der Waals surface area contributed by atoms with Gasteiger partial charge < -0.3 is 10.1 Å². The summed E-state index contributed by atoms with van der Waals surface area (Å²) in [5.41, 5.74) is 4.60. The number of fused-ring (bicyclic) bond motifs is 1. The van der Waals surface area contributed by atoms with Crippen LogP contribution in [0.4, 0.5) is 10.1 Å². The molecule has 0 saturated carbocycles. The number of ether oxygens (including phenoxy) is 1. The molecule has 0 bridgehead atoms. The van der Waals surface area contributed by atoms with Crippen LogP contribution in [0, 0.1) is 5.82 Å². The number of hydrogen-bond donors (Lipinski definition) is 2. The molecule has 6 nitrogen and oxygen atoms in total. The molecule has 0 unspecified atom stereocenters. The molecule has 4 aromatic rings. The number of nitrogens with zero attached hydrogens (tertiary/aromatic N) is 1. The van der Waals surface area contributed by atoms with Gasteiger partial charge in [0.15, 0.2) is 0 Å². The molecule has 34 heavy (non-hydrogen) atoms. The van der Waals surface area contributed by atoms with Gasteiger partial charge in [0.05, 0.1) is 6.21 Å². The van der Waals surface area contributed by atoms with Crippen molar-refractivity contribution in [2.75, 3.05) is 5.32 Å². The molecule has 0 fully saturated rings. The largest absolute Gasteiger partial charge is 0.488 e. The zero-order valence-corrected chi connectivity index (χ0v) is 18.4. The van der Waals surface area contributed by atoms with Crippen LogP contribution in [0.2, 0.25) is 0 Å². The molecule has 0 aromatic heterocycles. The van der Waals surface area contributed by atoms with Crippen molar-refractivity contribution < 1.29 is 18.7 Å².